The third kappa shape index (κ3) is 5.81. The predicted molar refractivity (Wildman–Crippen MR) is 115 cm³/mol. The Morgan fingerprint density at radius 2 is 1.77 bits per heavy atom. The molecule has 0 atom stereocenters. The summed E-state index contributed by atoms with van der Waals surface area (Å²) in [6.07, 6.45) is 0.974. The van der Waals surface area contributed by atoms with E-state index in [9.17, 15) is 9.59 Å². The first-order valence-corrected chi connectivity index (χ1v) is 10.2. The number of anilines is 1. The van der Waals surface area contributed by atoms with E-state index in [0.29, 0.717) is 16.6 Å². The predicted octanol–water partition coefficient (Wildman–Crippen LogP) is 3.94. The Bertz CT molecular complexity index is 1000. The van der Waals surface area contributed by atoms with Gasteiger partial charge in [0.2, 0.25) is 0 Å². The molecule has 0 aliphatic rings. The quantitative estimate of drug-likeness (QED) is 0.522. The number of rotatable bonds is 9. The van der Waals surface area contributed by atoms with Crippen LogP contribution in [0, 0.1) is 0 Å². The van der Waals surface area contributed by atoms with Crippen molar-refractivity contribution in [2.24, 2.45) is 0 Å². The highest BCUT2D eigenvalue weighted by molar-refractivity contribution is 7.14. The minimum atomic E-state index is -0.660. The molecule has 0 bridgehead atoms. The number of hydrogen-bond donors (Lipinski definition) is 1. The Labute approximate surface area is 178 Å². The Morgan fingerprint density at radius 1 is 1.03 bits per heavy atom. The molecule has 2 aromatic carbocycles. The molecule has 156 valence electrons. The van der Waals surface area contributed by atoms with Crippen LogP contribution in [0.5, 0.6) is 11.5 Å². The number of amides is 1. The first-order valence-electron chi connectivity index (χ1n) is 9.35. The monoisotopic (exact) mass is 426 g/mol. The minimum absolute atomic E-state index is 0.331. The van der Waals surface area contributed by atoms with Gasteiger partial charge in [0.15, 0.2) is 29.8 Å². The molecule has 0 aliphatic carbocycles. The Kier molecular flexibility index (Phi) is 7.40. The number of esters is 1. The highest BCUT2D eigenvalue weighted by Crippen LogP contribution is 2.26. The van der Waals surface area contributed by atoms with Crippen molar-refractivity contribution in [1.29, 1.82) is 0 Å². The van der Waals surface area contributed by atoms with E-state index >= 15 is 0 Å². The molecule has 0 fully saturated rings. The van der Waals surface area contributed by atoms with Crippen LogP contribution >= 0.6 is 11.3 Å². The maximum absolute atomic E-state index is 12.0. The molecule has 8 heteroatoms. The first-order chi connectivity index (χ1) is 14.6. The Hall–Kier alpha value is -3.39. The minimum Gasteiger partial charge on any atom is -0.493 e. The zero-order valence-electron chi connectivity index (χ0n) is 16.7. The van der Waals surface area contributed by atoms with E-state index in [1.165, 1.54) is 24.0 Å². The molecule has 0 spiro atoms. The molecular weight excluding hydrogens is 404 g/mol. The number of nitrogens with one attached hydrogen (secondary N) is 1. The van der Waals surface area contributed by atoms with Crippen molar-refractivity contribution in [2.45, 2.75) is 13.3 Å². The lowest BCUT2D eigenvalue weighted by molar-refractivity contribution is -0.149. The van der Waals surface area contributed by atoms with Crippen molar-refractivity contribution in [1.82, 2.24) is 4.98 Å². The van der Waals surface area contributed by atoms with E-state index in [-0.39, 0.29) is 6.61 Å². The fourth-order valence-electron chi connectivity index (χ4n) is 2.59. The van der Waals surface area contributed by atoms with Crippen LogP contribution in [0.1, 0.15) is 12.5 Å². The second-order valence-electron chi connectivity index (χ2n) is 6.24. The summed E-state index contributed by atoms with van der Waals surface area (Å²) in [5.74, 6) is -0.203. The van der Waals surface area contributed by atoms with Gasteiger partial charge >= 0.3 is 5.97 Å². The first kappa shape index (κ1) is 21.3. The molecule has 0 unspecified atom stereocenters. The normalized spacial score (nSPS) is 10.3. The van der Waals surface area contributed by atoms with E-state index in [1.54, 1.807) is 24.3 Å². The fraction of sp³-hybridized carbons (Fsp3) is 0.227. The summed E-state index contributed by atoms with van der Waals surface area (Å²) < 4.78 is 15.5. The Balaban J connectivity index is 1.45. The van der Waals surface area contributed by atoms with Gasteiger partial charge in [-0.15, -0.1) is 11.3 Å². The molecule has 0 saturated heterocycles. The number of carbonyl (C=O) groups is 2. The lowest BCUT2D eigenvalue weighted by Crippen LogP contribution is -2.23. The Morgan fingerprint density at radius 3 is 2.47 bits per heavy atom. The molecule has 30 heavy (non-hydrogen) atoms. The molecule has 0 radical (unpaired) electrons. The third-order valence-corrected chi connectivity index (χ3v) is 4.95. The highest BCUT2D eigenvalue weighted by atomic mass is 32.1. The molecule has 3 rings (SSSR count). The summed E-state index contributed by atoms with van der Waals surface area (Å²) in [5, 5.41) is 4.94. The van der Waals surface area contributed by atoms with E-state index in [4.69, 9.17) is 14.2 Å². The van der Waals surface area contributed by atoms with Crippen molar-refractivity contribution in [3.63, 3.8) is 0 Å². The lowest BCUT2D eigenvalue weighted by atomic mass is 10.1. The second kappa shape index (κ2) is 10.4. The number of aryl methyl sites for hydroxylation is 1. The number of methoxy groups -OCH3 is 1. The summed E-state index contributed by atoms with van der Waals surface area (Å²) in [7, 11) is 1.51. The molecule has 0 aliphatic heterocycles. The van der Waals surface area contributed by atoms with Crippen molar-refractivity contribution in [2.75, 3.05) is 25.6 Å². The average Bonchev–Trinajstić information content (AvgIpc) is 3.24. The number of nitrogens with zero attached hydrogens (tertiary/aromatic N) is 1. The molecule has 7 nitrogen and oxygen atoms in total. The summed E-state index contributed by atoms with van der Waals surface area (Å²) in [5.41, 5.74) is 3.00. The molecule has 1 heterocycles. The number of ether oxygens (including phenoxy) is 3. The van der Waals surface area contributed by atoms with E-state index < -0.39 is 18.5 Å². The molecular formula is C22H22N2O5S. The van der Waals surface area contributed by atoms with Gasteiger partial charge in [-0.2, -0.15) is 0 Å². The summed E-state index contributed by atoms with van der Waals surface area (Å²) in [6.45, 7) is 1.35. The second-order valence-corrected chi connectivity index (χ2v) is 7.09. The van der Waals surface area contributed by atoms with Crippen LogP contribution in [0.25, 0.3) is 11.3 Å². The van der Waals surface area contributed by atoms with Crippen molar-refractivity contribution in [3.05, 3.63) is 59.5 Å². The van der Waals surface area contributed by atoms with Gasteiger partial charge in [-0.05, 0) is 24.1 Å². The van der Waals surface area contributed by atoms with Crippen LogP contribution < -0.4 is 14.8 Å². The summed E-state index contributed by atoms with van der Waals surface area (Å²) >= 11 is 1.31. The van der Waals surface area contributed by atoms with Crippen LogP contribution in [0.2, 0.25) is 0 Å². The fourth-order valence-corrected chi connectivity index (χ4v) is 3.33. The van der Waals surface area contributed by atoms with E-state index in [1.807, 2.05) is 17.5 Å². The van der Waals surface area contributed by atoms with Crippen LogP contribution in [-0.2, 0) is 20.7 Å². The zero-order valence-corrected chi connectivity index (χ0v) is 17.5. The van der Waals surface area contributed by atoms with Gasteiger partial charge in [0, 0.05) is 10.9 Å². The maximum atomic E-state index is 12.0. The van der Waals surface area contributed by atoms with Gasteiger partial charge in [-0.1, -0.05) is 43.3 Å². The van der Waals surface area contributed by atoms with Crippen LogP contribution in [0.4, 0.5) is 5.13 Å². The number of hydrogen-bond acceptors (Lipinski definition) is 7. The number of benzene rings is 2. The topological polar surface area (TPSA) is 86.8 Å². The smallest absolute Gasteiger partial charge is 0.344 e. The third-order valence-electron chi connectivity index (χ3n) is 4.19. The van der Waals surface area contributed by atoms with Crippen LogP contribution in [-0.4, -0.2) is 37.2 Å². The maximum Gasteiger partial charge on any atom is 0.344 e. The number of carbonyl (C=O) groups excluding carboxylic acids is 2. The van der Waals surface area contributed by atoms with Crippen molar-refractivity contribution < 1.29 is 23.8 Å². The van der Waals surface area contributed by atoms with Gasteiger partial charge in [0.05, 0.1) is 12.8 Å². The SMILES string of the molecule is CCc1ccc(-c2csc(NC(=O)COC(=O)COc3ccccc3OC)n2)cc1. The van der Waals surface area contributed by atoms with Crippen LogP contribution in [0.15, 0.2) is 53.9 Å². The largest absolute Gasteiger partial charge is 0.493 e. The molecule has 1 amide bonds. The van der Waals surface area contributed by atoms with Gasteiger partial charge < -0.3 is 14.2 Å². The van der Waals surface area contributed by atoms with Crippen LogP contribution in [0.3, 0.4) is 0 Å². The van der Waals surface area contributed by atoms with Crippen molar-refractivity contribution in [3.8, 4) is 22.8 Å². The number of para-hydroxylation sites is 2. The molecule has 1 aromatic heterocycles. The molecule has 1 N–H and O–H groups in total. The lowest BCUT2D eigenvalue weighted by Gasteiger charge is -2.10. The van der Waals surface area contributed by atoms with Crippen molar-refractivity contribution >= 4 is 28.3 Å². The highest BCUT2D eigenvalue weighted by Gasteiger charge is 2.12. The molecule has 3 aromatic rings. The number of thiazole rings is 1. The van der Waals surface area contributed by atoms with Gasteiger partial charge in [0.1, 0.15) is 0 Å². The average molecular weight is 426 g/mol. The van der Waals surface area contributed by atoms with Gasteiger partial charge in [0.25, 0.3) is 5.91 Å². The van der Waals surface area contributed by atoms with E-state index in [0.717, 1.165) is 17.7 Å². The van der Waals surface area contributed by atoms with Gasteiger partial charge in [-0.3, -0.25) is 10.1 Å². The summed E-state index contributed by atoms with van der Waals surface area (Å²) in [6, 6.07) is 15.1. The standard InChI is InChI=1S/C22H22N2O5S/c1-3-15-8-10-16(11-9-15)17-14-30-22(23-17)24-20(25)12-29-21(26)13-28-19-7-5-4-6-18(19)27-2/h4-11,14H,3,12-13H2,1-2H3,(H,23,24,25). The molecule has 0 saturated carbocycles. The summed E-state index contributed by atoms with van der Waals surface area (Å²) in [4.78, 5) is 28.3. The van der Waals surface area contributed by atoms with Gasteiger partial charge in [-0.25, -0.2) is 9.78 Å². The van der Waals surface area contributed by atoms with E-state index in [2.05, 4.69) is 29.4 Å². The zero-order chi connectivity index (χ0) is 21.3. The number of aromatic nitrogens is 1.